The third kappa shape index (κ3) is 4.40. The summed E-state index contributed by atoms with van der Waals surface area (Å²) in [5, 5.41) is 0. The predicted molar refractivity (Wildman–Crippen MR) is 46.1 cm³/mol. The number of ether oxygens (including phenoxy) is 1. The van der Waals surface area contributed by atoms with E-state index in [9.17, 15) is 14.4 Å². The molecule has 0 spiro atoms. The molecule has 0 bridgehead atoms. The maximum atomic E-state index is 11.1. The van der Waals surface area contributed by atoms with Gasteiger partial charge in [0.2, 0.25) is 0 Å². The van der Waals surface area contributed by atoms with E-state index in [1.807, 2.05) is 0 Å². The molecule has 4 nitrogen and oxygen atoms in total. The Morgan fingerprint density at radius 2 is 1.85 bits per heavy atom. The topological polar surface area (TPSA) is 60.4 Å². The average molecular weight is 186 g/mol. The lowest BCUT2D eigenvalue weighted by Crippen LogP contribution is -2.22. The second-order valence-electron chi connectivity index (χ2n) is 2.78. The van der Waals surface area contributed by atoms with Crippen LogP contribution in [-0.4, -0.2) is 24.1 Å². The summed E-state index contributed by atoms with van der Waals surface area (Å²) >= 11 is 0. The molecule has 0 aromatic carbocycles. The molecule has 0 aliphatic heterocycles. The maximum Gasteiger partial charge on any atom is 0.313 e. The van der Waals surface area contributed by atoms with Crippen LogP contribution >= 0.6 is 0 Å². The fourth-order valence-electron chi connectivity index (χ4n) is 0.734. The second-order valence-corrected chi connectivity index (χ2v) is 2.78. The summed E-state index contributed by atoms with van der Waals surface area (Å²) in [5.74, 6) is -1.88. The molecule has 4 heteroatoms. The zero-order valence-electron chi connectivity index (χ0n) is 8.12. The van der Waals surface area contributed by atoms with Crippen molar-refractivity contribution in [2.45, 2.75) is 27.2 Å². The summed E-state index contributed by atoms with van der Waals surface area (Å²) in [7, 11) is 0. The zero-order chi connectivity index (χ0) is 10.4. The minimum absolute atomic E-state index is 0.228. The van der Waals surface area contributed by atoms with Gasteiger partial charge in [0.15, 0.2) is 5.78 Å². The summed E-state index contributed by atoms with van der Waals surface area (Å²) in [4.78, 5) is 32.7. The summed E-state index contributed by atoms with van der Waals surface area (Å²) in [6.07, 6.45) is -0.311. The number of hydrogen-bond acceptors (Lipinski definition) is 4. The Kier molecular flexibility index (Phi) is 4.96. The summed E-state index contributed by atoms with van der Waals surface area (Å²) in [5.41, 5.74) is 0. The van der Waals surface area contributed by atoms with E-state index in [0.717, 1.165) is 0 Å². The van der Waals surface area contributed by atoms with Crippen molar-refractivity contribution >= 4 is 17.5 Å². The van der Waals surface area contributed by atoms with Crippen LogP contribution in [0.5, 0.6) is 0 Å². The van der Waals surface area contributed by atoms with Gasteiger partial charge in [-0.1, -0.05) is 0 Å². The summed E-state index contributed by atoms with van der Waals surface area (Å²) < 4.78 is 4.57. The highest BCUT2D eigenvalue weighted by Gasteiger charge is 2.20. The van der Waals surface area contributed by atoms with Crippen LogP contribution in [0.2, 0.25) is 0 Å². The molecule has 0 radical (unpaired) electrons. The van der Waals surface area contributed by atoms with E-state index >= 15 is 0 Å². The van der Waals surface area contributed by atoms with Crippen molar-refractivity contribution in [1.82, 2.24) is 0 Å². The standard InChI is InChI=1S/C9H14O4/c1-4-13-9(12)5-8(11)6(2)7(3)10/h6H,4-5H2,1-3H3. The van der Waals surface area contributed by atoms with Gasteiger partial charge < -0.3 is 4.74 Å². The van der Waals surface area contributed by atoms with Crippen molar-refractivity contribution in [1.29, 1.82) is 0 Å². The lowest BCUT2D eigenvalue weighted by atomic mass is 10.0. The molecular formula is C9H14O4. The highest BCUT2D eigenvalue weighted by Crippen LogP contribution is 2.02. The molecule has 0 aliphatic carbocycles. The lowest BCUT2D eigenvalue weighted by molar-refractivity contribution is -0.146. The Bertz CT molecular complexity index is 220. The van der Waals surface area contributed by atoms with Crippen LogP contribution < -0.4 is 0 Å². The molecule has 0 saturated heterocycles. The molecule has 1 atom stereocenters. The van der Waals surface area contributed by atoms with Crippen LogP contribution in [0.15, 0.2) is 0 Å². The van der Waals surface area contributed by atoms with Crippen molar-refractivity contribution in [3.63, 3.8) is 0 Å². The first-order chi connectivity index (χ1) is 5.99. The zero-order valence-corrected chi connectivity index (χ0v) is 8.12. The summed E-state index contributed by atoms with van der Waals surface area (Å²) in [6, 6.07) is 0. The number of rotatable bonds is 5. The number of carbonyl (C=O) groups excluding carboxylic acids is 3. The van der Waals surface area contributed by atoms with E-state index in [-0.39, 0.29) is 24.6 Å². The van der Waals surface area contributed by atoms with E-state index in [1.54, 1.807) is 6.92 Å². The number of esters is 1. The van der Waals surface area contributed by atoms with Crippen LogP contribution in [0.25, 0.3) is 0 Å². The predicted octanol–water partition coefficient (Wildman–Crippen LogP) is 0.734. The molecule has 74 valence electrons. The Balaban J connectivity index is 4.00. The fourth-order valence-corrected chi connectivity index (χ4v) is 0.734. The highest BCUT2D eigenvalue weighted by molar-refractivity contribution is 6.07. The van der Waals surface area contributed by atoms with E-state index < -0.39 is 11.9 Å². The molecule has 0 heterocycles. The molecule has 13 heavy (non-hydrogen) atoms. The van der Waals surface area contributed by atoms with Gasteiger partial charge in [-0.2, -0.15) is 0 Å². The van der Waals surface area contributed by atoms with Gasteiger partial charge in [-0.3, -0.25) is 14.4 Å². The van der Waals surface area contributed by atoms with Gasteiger partial charge in [0.1, 0.15) is 12.2 Å². The molecule has 0 rings (SSSR count). The molecule has 0 aromatic rings. The van der Waals surface area contributed by atoms with Gasteiger partial charge in [0.05, 0.1) is 12.5 Å². The molecule has 1 unspecified atom stereocenters. The number of carbonyl (C=O) groups is 3. The summed E-state index contributed by atoms with van der Waals surface area (Å²) in [6.45, 7) is 4.73. The normalized spacial score (nSPS) is 11.9. The van der Waals surface area contributed by atoms with E-state index in [4.69, 9.17) is 0 Å². The van der Waals surface area contributed by atoms with Gasteiger partial charge >= 0.3 is 5.97 Å². The van der Waals surface area contributed by atoms with Crippen molar-refractivity contribution in [2.75, 3.05) is 6.61 Å². The van der Waals surface area contributed by atoms with Gasteiger partial charge in [-0.15, -0.1) is 0 Å². The first-order valence-electron chi connectivity index (χ1n) is 4.17. The largest absolute Gasteiger partial charge is 0.466 e. The lowest BCUT2D eigenvalue weighted by Gasteiger charge is -2.05. The third-order valence-electron chi connectivity index (χ3n) is 1.72. The van der Waals surface area contributed by atoms with E-state index in [2.05, 4.69) is 4.74 Å². The Morgan fingerprint density at radius 3 is 2.23 bits per heavy atom. The molecule has 0 aliphatic rings. The minimum atomic E-state index is -0.704. The van der Waals surface area contributed by atoms with Crippen LogP contribution in [0, 0.1) is 5.92 Å². The quantitative estimate of drug-likeness (QED) is 0.469. The minimum Gasteiger partial charge on any atom is -0.466 e. The van der Waals surface area contributed by atoms with Crippen LogP contribution in [0.3, 0.4) is 0 Å². The monoisotopic (exact) mass is 186 g/mol. The van der Waals surface area contributed by atoms with E-state index in [1.165, 1.54) is 13.8 Å². The van der Waals surface area contributed by atoms with Gasteiger partial charge in [0.25, 0.3) is 0 Å². The van der Waals surface area contributed by atoms with Crippen LogP contribution in [-0.2, 0) is 19.1 Å². The third-order valence-corrected chi connectivity index (χ3v) is 1.72. The molecule has 0 aromatic heterocycles. The average Bonchev–Trinajstić information content (AvgIpc) is 2.03. The van der Waals surface area contributed by atoms with Crippen LogP contribution in [0.1, 0.15) is 27.2 Å². The molecule has 0 amide bonds. The number of hydrogen-bond donors (Lipinski definition) is 0. The van der Waals surface area contributed by atoms with Gasteiger partial charge in [-0.05, 0) is 20.8 Å². The van der Waals surface area contributed by atoms with Crippen molar-refractivity contribution in [2.24, 2.45) is 5.92 Å². The van der Waals surface area contributed by atoms with E-state index in [0.29, 0.717) is 0 Å². The van der Waals surface area contributed by atoms with Crippen molar-refractivity contribution < 1.29 is 19.1 Å². The smallest absolute Gasteiger partial charge is 0.313 e. The molecule has 0 fully saturated rings. The second kappa shape index (κ2) is 5.45. The SMILES string of the molecule is CCOC(=O)CC(=O)C(C)C(C)=O. The number of ketones is 2. The molecule has 0 saturated carbocycles. The highest BCUT2D eigenvalue weighted by atomic mass is 16.5. The van der Waals surface area contributed by atoms with Crippen molar-refractivity contribution in [3.8, 4) is 0 Å². The van der Waals surface area contributed by atoms with Crippen LogP contribution in [0.4, 0.5) is 0 Å². The molecule has 0 N–H and O–H groups in total. The Labute approximate surface area is 77.3 Å². The van der Waals surface area contributed by atoms with Gasteiger partial charge in [0, 0.05) is 0 Å². The first-order valence-corrected chi connectivity index (χ1v) is 4.17. The van der Waals surface area contributed by atoms with Crippen molar-refractivity contribution in [3.05, 3.63) is 0 Å². The Morgan fingerprint density at radius 1 is 1.31 bits per heavy atom. The van der Waals surface area contributed by atoms with Gasteiger partial charge in [-0.25, -0.2) is 0 Å². The first kappa shape index (κ1) is 11.8. The fraction of sp³-hybridized carbons (Fsp3) is 0.667. The molecular weight excluding hydrogens is 172 g/mol. The number of Topliss-reactive ketones (excluding diaryl/α,β-unsaturated/α-hetero) is 2. The Hall–Kier alpha value is -1.19. The maximum absolute atomic E-state index is 11.1.